The summed E-state index contributed by atoms with van der Waals surface area (Å²) in [5.41, 5.74) is 4.19. The molecule has 0 saturated carbocycles. The largest absolute Gasteiger partial charge is 0.383 e. The van der Waals surface area contributed by atoms with Crippen molar-refractivity contribution in [1.82, 2.24) is 4.98 Å². The number of anilines is 1. The second-order valence-corrected chi connectivity index (χ2v) is 8.33. The first-order valence-electron chi connectivity index (χ1n) is 7.86. The average Bonchev–Trinajstić information content (AvgIpc) is 2.83. The molecule has 1 N–H and O–H groups in total. The van der Waals surface area contributed by atoms with E-state index in [1.807, 2.05) is 31.2 Å². The Morgan fingerprint density at radius 2 is 2.09 bits per heavy atom. The van der Waals surface area contributed by atoms with Gasteiger partial charge in [0.25, 0.3) is 0 Å². The van der Waals surface area contributed by atoms with Gasteiger partial charge < -0.3 is 5.32 Å². The lowest BCUT2D eigenvalue weighted by atomic mass is 10.0. The van der Waals surface area contributed by atoms with E-state index in [4.69, 9.17) is 0 Å². The Kier molecular flexibility index (Phi) is 4.08. The molecule has 0 radical (unpaired) electrons. The Labute approximate surface area is 131 Å². The van der Waals surface area contributed by atoms with Crippen LogP contribution in [0.5, 0.6) is 0 Å². The van der Waals surface area contributed by atoms with Crippen LogP contribution < -0.4 is 5.32 Å². The predicted molar refractivity (Wildman–Crippen MR) is 91.2 cm³/mol. The molecule has 0 aliphatic carbocycles. The van der Waals surface area contributed by atoms with Gasteiger partial charge in [-0.2, -0.15) is 0 Å². The van der Waals surface area contributed by atoms with Crippen molar-refractivity contribution in [3.63, 3.8) is 0 Å². The van der Waals surface area contributed by atoms with E-state index in [-0.39, 0.29) is 5.25 Å². The maximum absolute atomic E-state index is 12.0. The summed E-state index contributed by atoms with van der Waals surface area (Å²) >= 11 is 0. The highest BCUT2D eigenvalue weighted by Gasteiger charge is 2.31. The molecule has 3 rings (SSSR count). The van der Waals surface area contributed by atoms with Crippen molar-refractivity contribution in [2.45, 2.75) is 38.4 Å². The fourth-order valence-electron chi connectivity index (χ4n) is 3.31. The SMILES string of the molecule is CCc1c(C)nc2ccccc2c1NCC1CCCS1(=O)=O. The van der Waals surface area contributed by atoms with Gasteiger partial charge in [0.1, 0.15) is 0 Å². The van der Waals surface area contributed by atoms with Crippen LogP contribution in [0.15, 0.2) is 24.3 Å². The van der Waals surface area contributed by atoms with Crippen molar-refractivity contribution >= 4 is 26.4 Å². The van der Waals surface area contributed by atoms with E-state index < -0.39 is 9.84 Å². The standard InChI is InChI=1S/C17H22N2O2S/c1-3-14-12(2)19-16-9-5-4-8-15(16)17(14)18-11-13-7-6-10-22(13,20)21/h4-5,8-9,13H,3,6-7,10-11H2,1-2H3,(H,18,19). The third-order valence-electron chi connectivity index (χ3n) is 4.52. The molecule has 1 fully saturated rings. The van der Waals surface area contributed by atoms with Crippen molar-refractivity contribution in [2.75, 3.05) is 17.6 Å². The minimum absolute atomic E-state index is 0.260. The van der Waals surface area contributed by atoms with Crippen molar-refractivity contribution in [3.05, 3.63) is 35.5 Å². The number of hydrogen-bond donors (Lipinski definition) is 1. The lowest BCUT2D eigenvalue weighted by Gasteiger charge is -2.18. The number of nitrogens with zero attached hydrogens (tertiary/aromatic N) is 1. The highest BCUT2D eigenvalue weighted by Crippen LogP contribution is 2.30. The van der Waals surface area contributed by atoms with Crippen LogP contribution in [-0.4, -0.2) is 30.9 Å². The van der Waals surface area contributed by atoms with Gasteiger partial charge in [-0.3, -0.25) is 4.98 Å². The van der Waals surface area contributed by atoms with Crippen LogP contribution in [-0.2, 0) is 16.3 Å². The zero-order valence-corrected chi connectivity index (χ0v) is 13.9. The molecule has 0 spiro atoms. The quantitative estimate of drug-likeness (QED) is 0.941. The zero-order chi connectivity index (χ0) is 15.7. The molecule has 1 unspecified atom stereocenters. The number of aryl methyl sites for hydroxylation is 1. The number of aromatic nitrogens is 1. The number of rotatable bonds is 4. The fraction of sp³-hybridized carbons (Fsp3) is 0.471. The molecule has 1 saturated heterocycles. The topological polar surface area (TPSA) is 59.1 Å². The summed E-state index contributed by atoms with van der Waals surface area (Å²) < 4.78 is 24.0. The van der Waals surface area contributed by atoms with Crippen molar-refractivity contribution < 1.29 is 8.42 Å². The van der Waals surface area contributed by atoms with Crippen LogP contribution in [0.2, 0.25) is 0 Å². The molecular formula is C17H22N2O2S. The van der Waals surface area contributed by atoms with E-state index in [1.165, 1.54) is 5.56 Å². The number of pyridine rings is 1. The number of para-hydroxylation sites is 1. The molecule has 1 aromatic heterocycles. The average molecular weight is 318 g/mol. The molecule has 2 aromatic rings. The number of fused-ring (bicyclic) bond motifs is 1. The summed E-state index contributed by atoms with van der Waals surface area (Å²) in [6.45, 7) is 4.61. The summed E-state index contributed by atoms with van der Waals surface area (Å²) in [4.78, 5) is 4.66. The second kappa shape index (κ2) is 5.88. The Morgan fingerprint density at radius 1 is 1.32 bits per heavy atom. The van der Waals surface area contributed by atoms with Crippen LogP contribution in [0.1, 0.15) is 31.0 Å². The minimum Gasteiger partial charge on any atom is -0.383 e. The third kappa shape index (κ3) is 2.70. The molecule has 22 heavy (non-hydrogen) atoms. The van der Waals surface area contributed by atoms with Gasteiger partial charge in [-0.1, -0.05) is 25.1 Å². The van der Waals surface area contributed by atoms with E-state index in [1.54, 1.807) is 0 Å². The van der Waals surface area contributed by atoms with Crippen molar-refractivity contribution in [2.24, 2.45) is 0 Å². The smallest absolute Gasteiger partial charge is 0.154 e. The van der Waals surface area contributed by atoms with Gasteiger partial charge in [0.05, 0.1) is 16.5 Å². The molecule has 1 aliphatic rings. The summed E-state index contributed by atoms with van der Waals surface area (Å²) in [5.74, 6) is 0.329. The molecular weight excluding hydrogens is 296 g/mol. The normalized spacial score (nSPS) is 20.4. The first kappa shape index (κ1) is 15.3. The summed E-state index contributed by atoms with van der Waals surface area (Å²) in [7, 11) is -2.92. The summed E-state index contributed by atoms with van der Waals surface area (Å²) in [6.07, 6.45) is 2.42. The first-order chi connectivity index (χ1) is 10.5. The van der Waals surface area contributed by atoms with Crippen LogP contribution in [0.25, 0.3) is 10.9 Å². The van der Waals surface area contributed by atoms with Crippen LogP contribution >= 0.6 is 0 Å². The van der Waals surface area contributed by atoms with Gasteiger partial charge >= 0.3 is 0 Å². The van der Waals surface area contributed by atoms with Crippen LogP contribution in [0.3, 0.4) is 0 Å². The van der Waals surface area contributed by atoms with Gasteiger partial charge in [-0.05, 0) is 37.8 Å². The van der Waals surface area contributed by atoms with Gasteiger partial charge in [0, 0.05) is 23.3 Å². The lowest BCUT2D eigenvalue weighted by molar-refractivity contribution is 0.591. The highest BCUT2D eigenvalue weighted by atomic mass is 32.2. The van der Waals surface area contributed by atoms with Gasteiger partial charge in [-0.15, -0.1) is 0 Å². The van der Waals surface area contributed by atoms with E-state index in [0.29, 0.717) is 12.3 Å². The minimum atomic E-state index is -2.92. The van der Waals surface area contributed by atoms with E-state index in [9.17, 15) is 8.42 Å². The predicted octanol–water partition coefficient (Wildman–Crippen LogP) is 3.09. The number of benzene rings is 1. The molecule has 2 heterocycles. The molecule has 5 heteroatoms. The maximum Gasteiger partial charge on any atom is 0.154 e. The summed E-state index contributed by atoms with van der Waals surface area (Å²) in [6, 6.07) is 8.02. The summed E-state index contributed by atoms with van der Waals surface area (Å²) in [5, 5.41) is 4.24. The van der Waals surface area contributed by atoms with E-state index in [2.05, 4.69) is 17.2 Å². The Hall–Kier alpha value is -1.62. The molecule has 0 amide bonds. The van der Waals surface area contributed by atoms with E-state index >= 15 is 0 Å². The van der Waals surface area contributed by atoms with Gasteiger partial charge in [0.15, 0.2) is 9.84 Å². The molecule has 118 valence electrons. The Balaban J connectivity index is 1.98. The molecule has 4 nitrogen and oxygen atoms in total. The number of hydrogen-bond acceptors (Lipinski definition) is 4. The maximum atomic E-state index is 12.0. The zero-order valence-electron chi connectivity index (χ0n) is 13.1. The van der Waals surface area contributed by atoms with Gasteiger partial charge in [-0.25, -0.2) is 8.42 Å². The first-order valence-corrected chi connectivity index (χ1v) is 9.58. The van der Waals surface area contributed by atoms with Crippen molar-refractivity contribution in [3.8, 4) is 0 Å². The molecule has 1 aromatic carbocycles. The highest BCUT2D eigenvalue weighted by molar-refractivity contribution is 7.92. The molecule has 1 atom stereocenters. The van der Waals surface area contributed by atoms with Crippen molar-refractivity contribution in [1.29, 1.82) is 0 Å². The van der Waals surface area contributed by atoms with E-state index in [0.717, 1.165) is 41.5 Å². The third-order valence-corrected chi connectivity index (χ3v) is 6.80. The fourth-order valence-corrected chi connectivity index (χ4v) is 5.08. The lowest BCUT2D eigenvalue weighted by Crippen LogP contribution is -2.25. The second-order valence-electron chi connectivity index (χ2n) is 5.93. The Bertz CT molecular complexity index is 800. The molecule has 0 bridgehead atoms. The number of sulfone groups is 1. The monoisotopic (exact) mass is 318 g/mol. The molecule has 1 aliphatic heterocycles. The van der Waals surface area contributed by atoms with Gasteiger partial charge in [0.2, 0.25) is 0 Å². The van der Waals surface area contributed by atoms with Crippen LogP contribution in [0.4, 0.5) is 5.69 Å². The number of nitrogens with one attached hydrogen (secondary N) is 1. The van der Waals surface area contributed by atoms with Crippen LogP contribution in [0, 0.1) is 6.92 Å². The Morgan fingerprint density at radius 3 is 2.77 bits per heavy atom.